The monoisotopic (exact) mass is 322 g/mol. The van der Waals surface area contributed by atoms with Crippen LogP contribution in [-0.2, 0) is 11.2 Å². The van der Waals surface area contributed by atoms with Crippen LogP contribution in [0, 0.1) is 5.92 Å². The van der Waals surface area contributed by atoms with Crippen LogP contribution in [0.5, 0.6) is 0 Å². The first-order chi connectivity index (χ1) is 11.3. The van der Waals surface area contributed by atoms with E-state index in [0.29, 0.717) is 0 Å². The number of piperidine rings is 1. The Morgan fingerprint density at radius 1 is 1.17 bits per heavy atom. The van der Waals surface area contributed by atoms with Gasteiger partial charge in [0.1, 0.15) is 0 Å². The van der Waals surface area contributed by atoms with Crippen molar-refractivity contribution in [2.75, 3.05) is 45.9 Å². The third kappa shape index (κ3) is 4.52. The van der Waals surface area contributed by atoms with E-state index in [0.717, 1.165) is 69.9 Å². The Bertz CT molecular complexity index is 465. The van der Waals surface area contributed by atoms with E-state index in [-0.39, 0.29) is 6.04 Å². The molecule has 3 rings (SSSR count). The number of morpholine rings is 1. The van der Waals surface area contributed by atoms with E-state index < -0.39 is 0 Å². The second kappa shape index (κ2) is 8.22. The van der Waals surface area contributed by atoms with Crippen LogP contribution in [0.4, 0.5) is 0 Å². The lowest BCUT2D eigenvalue weighted by Gasteiger charge is -2.37. The summed E-state index contributed by atoms with van der Waals surface area (Å²) in [4.78, 5) is 9.59. The Kier molecular flexibility index (Phi) is 6.02. The molecule has 0 bridgehead atoms. The maximum Gasteiger partial charge on any atom is 0.243 e. The van der Waals surface area contributed by atoms with Crippen molar-refractivity contribution in [3.8, 4) is 0 Å². The Hall–Kier alpha value is -0.980. The molecule has 2 fully saturated rings. The molecule has 0 radical (unpaired) electrons. The Labute approximate surface area is 139 Å². The average Bonchev–Trinajstić information content (AvgIpc) is 3.05. The largest absolute Gasteiger partial charge is 0.379 e. The second-order valence-electron chi connectivity index (χ2n) is 6.87. The van der Waals surface area contributed by atoms with Gasteiger partial charge in [0.05, 0.1) is 19.3 Å². The van der Waals surface area contributed by atoms with Gasteiger partial charge in [-0.05, 0) is 45.2 Å². The zero-order chi connectivity index (χ0) is 16.1. The van der Waals surface area contributed by atoms with Crippen LogP contribution in [0.3, 0.4) is 0 Å². The third-order valence-corrected chi connectivity index (χ3v) is 5.13. The summed E-state index contributed by atoms with van der Waals surface area (Å²) >= 11 is 0. The number of aryl methyl sites for hydroxylation is 1. The molecule has 0 N–H and O–H groups in total. The molecular weight excluding hydrogens is 292 g/mol. The van der Waals surface area contributed by atoms with Crippen LogP contribution in [0.25, 0.3) is 0 Å². The summed E-state index contributed by atoms with van der Waals surface area (Å²) in [5.74, 6) is 2.44. The molecule has 0 spiro atoms. The highest BCUT2D eigenvalue weighted by molar-refractivity contribution is 4.93. The fourth-order valence-corrected chi connectivity index (χ4v) is 3.59. The summed E-state index contributed by atoms with van der Waals surface area (Å²) < 4.78 is 10.9. The van der Waals surface area contributed by atoms with Crippen LogP contribution in [0.1, 0.15) is 50.9 Å². The summed E-state index contributed by atoms with van der Waals surface area (Å²) in [6.45, 7) is 11.8. The van der Waals surface area contributed by atoms with Crippen molar-refractivity contribution in [1.82, 2.24) is 19.9 Å². The fraction of sp³-hybridized carbons (Fsp3) is 0.882. The first-order valence-electron chi connectivity index (χ1n) is 9.13. The van der Waals surface area contributed by atoms with E-state index in [2.05, 4.69) is 33.8 Å². The Balaban J connectivity index is 1.45. The second-order valence-corrected chi connectivity index (χ2v) is 6.87. The van der Waals surface area contributed by atoms with E-state index in [1.54, 1.807) is 0 Å². The highest BCUT2D eigenvalue weighted by Crippen LogP contribution is 2.26. The van der Waals surface area contributed by atoms with Crippen LogP contribution in [-0.4, -0.2) is 65.9 Å². The van der Waals surface area contributed by atoms with E-state index >= 15 is 0 Å². The molecule has 130 valence electrons. The minimum atomic E-state index is 0.234. The van der Waals surface area contributed by atoms with Crippen molar-refractivity contribution in [1.29, 1.82) is 0 Å². The average molecular weight is 322 g/mol. The first-order valence-corrected chi connectivity index (χ1v) is 9.13. The van der Waals surface area contributed by atoms with E-state index in [4.69, 9.17) is 9.26 Å². The molecule has 1 atom stereocenters. The summed E-state index contributed by atoms with van der Waals surface area (Å²) in [7, 11) is 0. The third-order valence-electron chi connectivity index (χ3n) is 5.13. The van der Waals surface area contributed by atoms with Crippen molar-refractivity contribution < 1.29 is 9.26 Å². The standard InChI is InChI=1S/C17H30N4O2/c1-3-4-16-18-17(23-19-16)14(2)21-7-5-15(6-8-21)13-20-9-11-22-12-10-20/h14-15H,3-13H2,1-2H3/t14-/m1/s1. The maximum absolute atomic E-state index is 5.46. The van der Waals surface area contributed by atoms with Crippen molar-refractivity contribution >= 4 is 0 Å². The summed E-state index contributed by atoms with van der Waals surface area (Å²) in [6, 6.07) is 0.234. The molecule has 2 aliphatic rings. The Morgan fingerprint density at radius 2 is 1.91 bits per heavy atom. The zero-order valence-electron chi connectivity index (χ0n) is 14.5. The number of aromatic nitrogens is 2. The lowest BCUT2D eigenvalue weighted by atomic mass is 9.95. The SMILES string of the molecule is CCCc1noc([C@@H](C)N2CCC(CN3CCOCC3)CC2)n1. The quantitative estimate of drug-likeness (QED) is 0.800. The predicted molar refractivity (Wildman–Crippen MR) is 88.3 cm³/mol. The number of likely N-dealkylation sites (tertiary alicyclic amines) is 1. The first kappa shape index (κ1) is 16.9. The molecule has 6 nitrogen and oxygen atoms in total. The van der Waals surface area contributed by atoms with Gasteiger partial charge >= 0.3 is 0 Å². The van der Waals surface area contributed by atoms with E-state index in [1.807, 2.05) is 0 Å². The molecule has 0 amide bonds. The molecule has 0 aliphatic carbocycles. The normalized spacial score (nSPS) is 23.2. The van der Waals surface area contributed by atoms with Gasteiger partial charge in [0.25, 0.3) is 0 Å². The van der Waals surface area contributed by atoms with Crippen molar-refractivity contribution in [2.45, 2.75) is 45.6 Å². The fourth-order valence-electron chi connectivity index (χ4n) is 3.59. The van der Waals surface area contributed by atoms with Gasteiger partial charge in [-0.2, -0.15) is 4.98 Å². The van der Waals surface area contributed by atoms with Gasteiger partial charge in [0.15, 0.2) is 5.82 Å². The van der Waals surface area contributed by atoms with Gasteiger partial charge in [-0.3, -0.25) is 9.80 Å². The topological polar surface area (TPSA) is 54.6 Å². The number of nitrogens with zero attached hydrogens (tertiary/aromatic N) is 4. The van der Waals surface area contributed by atoms with Crippen LogP contribution >= 0.6 is 0 Å². The molecule has 1 aromatic heterocycles. The smallest absolute Gasteiger partial charge is 0.243 e. The molecule has 6 heteroatoms. The van der Waals surface area contributed by atoms with Gasteiger partial charge in [-0.1, -0.05) is 12.1 Å². The number of hydrogen-bond donors (Lipinski definition) is 0. The molecule has 2 saturated heterocycles. The van der Waals surface area contributed by atoms with Gasteiger partial charge < -0.3 is 9.26 Å². The van der Waals surface area contributed by atoms with Crippen LogP contribution in [0.2, 0.25) is 0 Å². The highest BCUT2D eigenvalue weighted by Gasteiger charge is 2.27. The molecular formula is C17H30N4O2. The summed E-state index contributed by atoms with van der Waals surface area (Å²) in [5.41, 5.74) is 0. The minimum Gasteiger partial charge on any atom is -0.379 e. The van der Waals surface area contributed by atoms with Gasteiger partial charge in [0.2, 0.25) is 5.89 Å². The highest BCUT2D eigenvalue weighted by atomic mass is 16.5. The molecule has 2 aliphatic heterocycles. The number of rotatable bonds is 6. The van der Waals surface area contributed by atoms with Crippen LogP contribution in [0.15, 0.2) is 4.52 Å². The molecule has 1 aromatic rings. The van der Waals surface area contributed by atoms with Gasteiger partial charge in [-0.25, -0.2) is 0 Å². The van der Waals surface area contributed by atoms with E-state index in [9.17, 15) is 0 Å². The van der Waals surface area contributed by atoms with Gasteiger partial charge in [-0.15, -0.1) is 0 Å². The van der Waals surface area contributed by atoms with E-state index in [1.165, 1.54) is 19.4 Å². The maximum atomic E-state index is 5.46. The molecule has 0 saturated carbocycles. The number of hydrogen-bond acceptors (Lipinski definition) is 6. The predicted octanol–water partition coefficient (Wildman–Crippen LogP) is 2.13. The molecule has 3 heterocycles. The molecule has 0 aromatic carbocycles. The van der Waals surface area contributed by atoms with Crippen molar-refractivity contribution in [3.05, 3.63) is 11.7 Å². The number of ether oxygens (including phenoxy) is 1. The minimum absolute atomic E-state index is 0.234. The van der Waals surface area contributed by atoms with Gasteiger partial charge in [0, 0.05) is 26.1 Å². The molecule has 0 unspecified atom stereocenters. The van der Waals surface area contributed by atoms with Crippen molar-refractivity contribution in [3.63, 3.8) is 0 Å². The summed E-state index contributed by atoms with van der Waals surface area (Å²) in [5, 5.41) is 4.08. The lowest BCUT2D eigenvalue weighted by Crippen LogP contribution is -2.43. The van der Waals surface area contributed by atoms with Crippen molar-refractivity contribution in [2.24, 2.45) is 5.92 Å². The zero-order valence-corrected chi connectivity index (χ0v) is 14.5. The molecule has 23 heavy (non-hydrogen) atoms. The Morgan fingerprint density at radius 3 is 2.61 bits per heavy atom. The lowest BCUT2D eigenvalue weighted by molar-refractivity contribution is 0.0217. The van der Waals surface area contributed by atoms with Crippen LogP contribution < -0.4 is 0 Å². The summed E-state index contributed by atoms with van der Waals surface area (Å²) in [6.07, 6.45) is 4.48.